The van der Waals surface area contributed by atoms with Crippen LogP contribution < -0.4 is 9.47 Å². The Hall–Kier alpha value is -4.13. The van der Waals surface area contributed by atoms with Crippen molar-refractivity contribution in [1.82, 2.24) is 9.88 Å². The average Bonchev–Trinajstić information content (AvgIpc) is 3.40. The van der Waals surface area contributed by atoms with E-state index in [0.717, 1.165) is 47.5 Å². The van der Waals surface area contributed by atoms with E-state index in [-0.39, 0.29) is 24.0 Å². The molecule has 0 spiro atoms. The molecule has 1 saturated heterocycles. The zero-order valence-electron chi connectivity index (χ0n) is 21.0. The Morgan fingerprint density at radius 3 is 2.59 bits per heavy atom. The van der Waals surface area contributed by atoms with Crippen LogP contribution in [0, 0.1) is 0 Å². The van der Waals surface area contributed by atoms with E-state index in [9.17, 15) is 14.7 Å². The molecular formula is C30H30N2O5. The maximum absolute atomic E-state index is 13.4. The number of aliphatic hydroxyl groups excluding tert-OH is 1. The summed E-state index contributed by atoms with van der Waals surface area (Å²) in [4.78, 5) is 32.2. The lowest BCUT2D eigenvalue weighted by Crippen LogP contribution is -2.29. The molecule has 2 atom stereocenters. The first-order chi connectivity index (χ1) is 18.0. The Morgan fingerprint density at radius 1 is 1.11 bits per heavy atom. The van der Waals surface area contributed by atoms with Gasteiger partial charge < -0.3 is 19.5 Å². The molecule has 5 rings (SSSR count). The molecule has 37 heavy (non-hydrogen) atoms. The molecule has 0 radical (unpaired) electrons. The fourth-order valence-electron chi connectivity index (χ4n) is 4.88. The smallest absolute Gasteiger partial charge is 0.295 e. The number of unbranched alkanes of at least 4 members (excludes halogenated alkanes) is 1. The number of aromatic nitrogens is 1. The number of benzene rings is 2. The molecule has 1 aromatic heterocycles. The fourth-order valence-corrected chi connectivity index (χ4v) is 4.88. The van der Waals surface area contributed by atoms with Gasteiger partial charge in [0.2, 0.25) is 0 Å². The van der Waals surface area contributed by atoms with Crippen LogP contribution >= 0.6 is 0 Å². The number of carbonyl (C=O) groups is 2. The topological polar surface area (TPSA) is 89.0 Å². The van der Waals surface area contributed by atoms with Crippen molar-refractivity contribution >= 4 is 17.4 Å². The number of nitrogens with zero attached hydrogens (tertiary/aromatic N) is 2. The monoisotopic (exact) mass is 498 g/mol. The number of rotatable bonds is 8. The first-order valence-electron chi connectivity index (χ1n) is 12.7. The van der Waals surface area contributed by atoms with Crippen molar-refractivity contribution < 1.29 is 24.2 Å². The van der Waals surface area contributed by atoms with Crippen LogP contribution in [-0.2, 0) is 22.6 Å². The molecule has 2 aromatic carbocycles. The number of Topliss-reactive ketones (excluding diaryl/α,β-unsaturated/α-hetero) is 1. The second-order valence-electron chi connectivity index (χ2n) is 9.51. The molecule has 0 bridgehead atoms. The predicted molar refractivity (Wildman–Crippen MR) is 139 cm³/mol. The number of hydrogen-bond donors (Lipinski definition) is 1. The second-order valence-corrected chi connectivity index (χ2v) is 9.51. The maximum Gasteiger partial charge on any atom is 0.295 e. The van der Waals surface area contributed by atoms with E-state index in [4.69, 9.17) is 9.47 Å². The maximum atomic E-state index is 13.4. The molecule has 7 nitrogen and oxygen atoms in total. The number of carbonyl (C=O) groups excluding carboxylic acids is 2. The van der Waals surface area contributed by atoms with E-state index in [1.807, 2.05) is 49.4 Å². The molecule has 2 aliphatic rings. The summed E-state index contributed by atoms with van der Waals surface area (Å²) in [6, 6.07) is 15.6. The van der Waals surface area contributed by atoms with E-state index in [0.29, 0.717) is 12.2 Å². The number of ketones is 1. The molecule has 1 amide bonds. The molecule has 3 aromatic rings. The normalized spacial score (nSPS) is 20.1. The van der Waals surface area contributed by atoms with Crippen LogP contribution in [0.1, 0.15) is 55.0 Å². The number of likely N-dealkylation sites (tertiary alicyclic amines) is 1. The first kappa shape index (κ1) is 24.6. The van der Waals surface area contributed by atoms with E-state index >= 15 is 0 Å². The lowest BCUT2D eigenvalue weighted by molar-refractivity contribution is -0.140. The number of fused-ring (bicyclic) bond motifs is 1. The Kier molecular flexibility index (Phi) is 6.95. The SMILES string of the molecule is CCCCOc1ccc(C2/C(=C(\O)c3ccc4c(c3)CC(C)O4)C(=O)C(=O)N2Cc2ccncc2)cc1. The average molecular weight is 499 g/mol. The molecule has 190 valence electrons. The van der Waals surface area contributed by atoms with Gasteiger partial charge in [-0.15, -0.1) is 0 Å². The van der Waals surface area contributed by atoms with Gasteiger partial charge in [0.05, 0.1) is 18.2 Å². The number of aliphatic hydroxyl groups is 1. The van der Waals surface area contributed by atoms with Crippen LogP contribution in [0.3, 0.4) is 0 Å². The third-order valence-corrected chi connectivity index (χ3v) is 6.77. The van der Waals surface area contributed by atoms with Crippen molar-refractivity contribution in [2.45, 2.75) is 51.8 Å². The summed E-state index contributed by atoms with van der Waals surface area (Å²) in [5.74, 6) is -0.0469. The highest BCUT2D eigenvalue weighted by molar-refractivity contribution is 6.46. The van der Waals surface area contributed by atoms with Crippen molar-refractivity contribution in [3.8, 4) is 11.5 Å². The van der Waals surface area contributed by atoms with Crippen LogP contribution in [0.2, 0.25) is 0 Å². The summed E-state index contributed by atoms with van der Waals surface area (Å²) in [5.41, 5.74) is 3.09. The zero-order chi connectivity index (χ0) is 25.9. The highest BCUT2D eigenvalue weighted by atomic mass is 16.5. The van der Waals surface area contributed by atoms with Gasteiger partial charge in [-0.2, -0.15) is 0 Å². The van der Waals surface area contributed by atoms with E-state index < -0.39 is 17.7 Å². The van der Waals surface area contributed by atoms with Crippen molar-refractivity contribution in [3.63, 3.8) is 0 Å². The van der Waals surface area contributed by atoms with Gasteiger partial charge in [0.25, 0.3) is 11.7 Å². The minimum Gasteiger partial charge on any atom is -0.507 e. The van der Waals surface area contributed by atoms with Crippen molar-refractivity contribution in [3.05, 3.63) is 94.8 Å². The third kappa shape index (κ3) is 4.94. The number of ether oxygens (including phenoxy) is 2. The fraction of sp³-hybridized carbons (Fsp3) is 0.300. The zero-order valence-corrected chi connectivity index (χ0v) is 21.0. The number of pyridine rings is 1. The Balaban J connectivity index is 1.56. The summed E-state index contributed by atoms with van der Waals surface area (Å²) in [6.07, 6.45) is 6.06. The summed E-state index contributed by atoms with van der Waals surface area (Å²) in [5, 5.41) is 11.4. The van der Waals surface area contributed by atoms with E-state index in [1.165, 1.54) is 4.90 Å². The minimum absolute atomic E-state index is 0.0522. The lowest BCUT2D eigenvalue weighted by Gasteiger charge is -2.25. The molecule has 2 aliphatic heterocycles. The Morgan fingerprint density at radius 2 is 1.86 bits per heavy atom. The minimum atomic E-state index is -0.749. The van der Waals surface area contributed by atoms with E-state index in [1.54, 1.807) is 24.5 Å². The highest BCUT2D eigenvalue weighted by Gasteiger charge is 2.46. The molecule has 1 N–H and O–H groups in total. The number of hydrogen-bond acceptors (Lipinski definition) is 6. The summed E-state index contributed by atoms with van der Waals surface area (Å²) >= 11 is 0. The molecule has 0 saturated carbocycles. The quantitative estimate of drug-likeness (QED) is 0.199. The van der Waals surface area contributed by atoms with Gasteiger partial charge in [-0.1, -0.05) is 25.5 Å². The van der Waals surface area contributed by atoms with Crippen molar-refractivity contribution in [2.75, 3.05) is 6.61 Å². The van der Waals surface area contributed by atoms with Gasteiger partial charge in [0.15, 0.2) is 0 Å². The van der Waals surface area contributed by atoms with Crippen LogP contribution in [0.5, 0.6) is 11.5 Å². The van der Waals surface area contributed by atoms with Crippen LogP contribution in [0.4, 0.5) is 0 Å². The number of amides is 1. The molecular weight excluding hydrogens is 468 g/mol. The molecule has 2 unspecified atom stereocenters. The Bertz CT molecular complexity index is 1330. The van der Waals surface area contributed by atoms with Gasteiger partial charge >= 0.3 is 0 Å². The van der Waals surface area contributed by atoms with Gasteiger partial charge in [-0.25, -0.2) is 0 Å². The summed E-state index contributed by atoms with van der Waals surface area (Å²) < 4.78 is 11.6. The van der Waals surface area contributed by atoms with Crippen LogP contribution in [-0.4, -0.2) is 39.4 Å². The predicted octanol–water partition coefficient (Wildman–Crippen LogP) is 5.21. The largest absolute Gasteiger partial charge is 0.507 e. The molecule has 7 heteroatoms. The second kappa shape index (κ2) is 10.5. The van der Waals surface area contributed by atoms with Crippen LogP contribution in [0.15, 0.2) is 72.6 Å². The summed E-state index contributed by atoms with van der Waals surface area (Å²) in [6.45, 7) is 4.92. The van der Waals surface area contributed by atoms with Crippen LogP contribution in [0.25, 0.3) is 5.76 Å². The molecule has 1 fully saturated rings. The summed E-state index contributed by atoms with van der Waals surface area (Å²) in [7, 11) is 0. The van der Waals surface area contributed by atoms with Crippen molar-refractivity contribution in [2.24, 2.45) is 0 Å². The van der Waals surface area contributed by atoms with Gasteiger partial charge in [0, 0.05) is 30.9 Å². The van der Waals surface area contributed by atoms with Gasteiger partial charge in [-0.3, -0.25) is 14.6 Å². The first-order valence-corrected chi connectivity index (χ1v) is 12.7. The Labute approximate surface area is 216 Å². The lowest BCUT2D eigenvalue weighted by atomic mass is 9.94. The van der Waals surface area contributed by atoms with Gasteiger partial charge in [0.1, 0.15) is 23.4 Å². The van der Waals surface area contributed by atoms with Crippen molar-refractivity contribution in [1.29, 1.82) is 0 Å². The van der Waals surface area contributed by atoms with E-state index in [2.05, 4.69) is 11.9 Å². The molecule has 0 aliphatic carbocycles. The third-order valence-electron chi connectivity index (χ3n) is 6.77. The standard InChI is InChI=1S/C30H30N2O5/c1-3-4-15-36-24-8-5-21(6-9-24)27-26(28(33)22-7-10-25-23(17-22)16-19(2)37-25)29(34)30(35)32(27)18-20-11-13-31-14-12-20/h5-14,17,19,27,33H,3-4,15-16,18H2,1-2H3/b28-26+. The highest BCUT2D eigenvalue weighted by Crippen LogP contribution is 2.41. The molecule has 3 heterocycles. The van der Waals surface area contributed by atoms with Gasteiger partial charge in [-0.05, 0) is 72.5 Å².